The number of halogens is 1. The fourth-order valence-electron chi connectivity index (χ4n) is 2.03. The number of carbonyl (C=O) groups excluding carboxylic acids is 2. The minimum atomic E-state index is -0.709. The number of hydrogen-bond acceptors (Lipinski definition) is 4. The van der Waals surface area contributed by atoms with Crippen LogP contribution in [0.4, 0.5) is 10.1 Å². The molecule has 0 spiro atoms. The molecule has 0 fully saturated rings. The monoisotopic (exact) mass is 287 g/mol. The molecule has 0 saturated heterocycles. The van der Waals surface area contributed by atoms with Crippen molar-refractivity contribution in [3.8, 4) is 5.75 Å². The SMILES string of the molecule is COc1ccc(C(=O)c2c(C=O)ccc(C)c2F)c(N)c1. The molecule has 0 amide bonds. The number of nitrogen functional groups attached to an aromatic ring is 1. The van der Waals surface area contributed by atoms with Gasteiger partial charge in [-0.25, -0.2) is 4.39 Å². The Bertz CT molecular complexity index is 726. The minimum absolute atomic E-state index is 0.00156. The van der Waals surface area contributed by atoms with Crippen molar-refractivity contribution in [1.82, 2.24) is 0 Å². The molecule has 2 aromatic carbocycles. The molecular formula is C16H14FNO3. The summed E-state index contributed by atoms with van der Waals surface area (Å²) in [5.41, 5.74) is 6.12. The van der Waals surface area contributed by atoms with Gasteiger partial charge in [-0.1, -0.05) is 12.1 Å². The number of rotatable bonds is 4. The molecule has 2 rings (SSSR count). The van der Waals surface area contributed by atoms with Gasteiger partial charge in [0.15, 0.2) is 12.1 Å². The van der Waals surface area contributed by atoms with E-state index >= 15 is 0 Å². The van der Waals surface area contributed by atoms with Crippen LogP contribution in [0.2, 0.25) is 0 Å². The first-order valence-corrected chi connectivity index (χ1v) is 6.22. The van der Waals surface area contributed by atoms with E-state index in [4.69, 9.17) is 10.5 Å². The van der Waals surface area contributed by atoms with Gasteiger partial charge in [-0.15, -0.1) is 0 Å². The van der Waals surface area contributed by atoms with Gasteiger partial charge < -0.3 is 10.5 Å². The molecule has 0 aromatic heterocycles. The van der Waals surface area contributed by atoms with Crippen LogP contribution in [0.25, 0.3) is 0 Å². The van der Waals surface area contributed by atoms with Crippen LogP contribution in [-0.2, 0) is 0 Å². The van der Waals surface area contributed by atoms with Crippen molar-refractivity contribution in [3.63, 3.8) is 0 Å². The number of ketones is 1. The van der Waals surface area contributed by atoms with Crippen molar-refractivity contribution in [2.75, 3.05) is 12.8 Å². The maximum atomic E-state index is 14.2. The summed E-state index contributed by atoms with van der Waals surface area (Å²) < 4.78 is 19.2. The topological polar surface area (TPSA) is 69.4 Å². The molecule has 0 heterocycles. The van der Waals surface area contributed by atoms with Crippen LogP contribution in [0.15, 0.2) is 30.3 Å². The lowest BCUT2D eigenvalue weighted by molar-refractivity contribution is 0.102. The smallest absolute Gasteiger partial charge is 0.198 e. The Morgan fingerprint density at radius 3 is 2.57 bits per heavy atom. The maximum Gasteiger partial charge on any atom is 0.198 e. The largest absolute Gasteiger partial charge is 0.497 e. The number of carbonyl (C=O) groups is 2. The van der Waals surface area contributed by atoms with Crippen LogP contribution in [0.3, 0.4) is 0 Å². The third-order valence-corrected chi connectivity index (χ3v) is 3.22. The van der Waals surface area contributed by atoms with Crippen molar-refractivity contribution in [2.45, 2.75) is 6.92 Å². The minimum Gasteiger partial charge on any atom is -0.497 e. The third kappa shape index (κ3) is 2.63. The summed E-state index contributed by atoms with van der Waals surface area (Å²) in [7, 11) is 1.47. The highest BCUT2D eigenvalue weighted by atomic mass is 19.1. The summed E-state index contributed by atoms with van der Waals surface area (Å²) >= 11 is 0. The Morgan fingerprint density at radius 2 is 2.00 bits per heavy atom. The van der Waals surface area contributed by atoms with E-state index in [-0.39, 0.29) is 27.9 Å². The molecule has 21 heavy (non-hydrogen) atoms. The van der Waals surface area contributed by atoms with Crippen LogP contribution >= 0.6 is 0 Å². The van der Waals surface area contributed by atoms with Crippen LogP contribution in [0.1, 0.15) is 31.8 Å². The quantitative estimate of drug-likeness (QED) is 0.533. The molecule has 2 N–H and O–H groups in total. The molecule has 2 aromatic rings. The van der Waals surface area contributed by atoms with Gasteiger partial charge >= 0.3 is 0 Å². The van der Waals surface area contributed by atoms with Gasteiger partial charge in [0.2, 0.25) is 0 Å². The van der Waals surface area contributed by atoms with Crippen molar-refractivity contribution < 1.29 is 18.7 Å². The van der Waals surface area contributed by atoms with Crippen LogP contribution in [-0.4, -0.2) is 19.2 Å². The zero-order valence-corrected chi connectivity index (χ0v) is 11.6. The van der Waals surface area contributed by atoms with E-state index in [0.717, 1.165) is 0 Å². The number of hydrogen-bond donors (Lipinski definition) is 1. The second-order valence-electron chi connectivity index (χ2n) is 4.56. The third-order valence-electron chi connectivity index (χ3n) is 3.22. The van der Waals surface area contributed by atoms with Crippen molar-refractivity contribution in [3.05, 3.63) is 58.4 Å². The molecule has 0 atom stereocenters. The van der Waals surface area contributed by atoms with E-state index in [2.05, 4.69) is 0 Å². The Labute approximate surface area is 121 Å². The lowest BCUT2D eigenvalue weighted by Crippen LogP contribution is -2.11. The van der Waals surface area contributed by atoms with Crippen molar-refractivity contribution in [2.24, 2.45) is 0 Å². The molecule has 4 nitrogen and oxygen atoms in total. The highest BCUT2D eigenvalue weighted by Crippen LogP contribution is 2.25. The number of aryl methyl sites for hydroxylation is 1. The molecule has 0 aliphatic heterocycles. The fraction of sp³-hybridized carbons (Fsp3) is 0.125. The first kappa shape index (κ1) is 14.7. The van der Waals surface area contributed by atoms with Crippen molar-refractivity contribution >= 4 is 17.8 Å². The lowest BCUT2D eigenvalue weighted by atomic mass is 9.95. The van der Waals surface area contributed by atoms with Gasteiger partial charge in [0.1, 0.15) is 11.6 Å². The van der Waals surface area contributed by atoms with Crippen LogP contribution in [0, 0.1) is 12.7 Å². The van der Waals surface area contributed by atoms with Gasteiger partial charge in [0.25, 0.3) is 0 Å². The molecule has 0 aliphatic rings. The normalized spacial score (nSPS) is 10.2. The fourth-order valence-corrected chi connectivity index (χ4v) is 2.03. The summed E-state index contributed by atoms with van der Waals surface area (Å²) in [5, 5.41) is 0. The predicted octanol–water partition coefficient (Wildman–Crippen LogP) is 2.77. The molecule has 0 saturated carbocycles. The molecule has 108 valence electrons. The lowest BCUT2D eigenvalue weighted by Gasteiger charge is -2.10. The van der Waals surface area contributed by atoms with E-state index in [1.54, 1.807) is 6.07 Å². The Kier molecular flexibility index (Phi) is 4.03. The van der Waals surface area contributed by atoms with Gasteiger partial charge in [-0.05, 0) is 24.6 Å². The van der Waals surface area contributed by atoms with E-state index in [0.29, 0.717) is 12.0 Å². The maximum absolute atomic E-state index is 14.2. The molecule has 0 aliphatic carbocycles. The van der Waals surface area contributed by atoms with Crippen LogP contribution in [0.5, 0.6) is 5.75 Å². The average Bonchev–Trinajstić information content (AvgIpc) is 2.49. The highest BCUT2D eigenvalue weighted by molar-refractivity contribution is 6.15. The summed E-state index contributed by atoms with van der Waals surface area (Å²) in [5.74, 6) is -0.845. The highest BCUT2D eigenvalue weighted by Gasteiger charge is 2.21. The first-order valence-electron chi connectivity index (χ1n) is 6.22. The number of aldehydes is 1. The Morgan fingerprint density at radius 1 is 1.29 bits per heavy atom. The number of nitrogens with two attached hydrogens (primary N) is 1. The summed E-state index contributed by atoms with van der Waals surface area (Å²) in [6.07, 6.45) is 0.454. The van der Waals surface area contributed by atoms with Gasteiger partial charge in [0.05, 0.1) is 12.7 Å². The van der Waals surface area contributed by atoms with Crippen molar-refractivity contribution in [1.29, 1.82) is 0 Å². The number of ether oxygens (including phenoxy) is 1. The van der Waals surface area contributed by atoms with E-state index in [9.17, 15) is 14.0 Å². The van der Waals surface area contributed by atoms with E-state index in [1.807, 2.05) is 0 Å². The molecular weight excluding hydrogens is 273 g/mol. The zero-order valence-electron chi connectivity index (χ0n) is 11.6. The molecule has 0 unspecified atom stereocenters. The number of anilines is 1. The van der Waals surface area contributed by atoms with Gasteiger partial charge in [0, 0.05) is 22.9 Å². The van der Waals surface area contributed by atoms with E-state index < -0.39 is 11.6 Å². The Balaban J connectivity index is 2.60. The average molecular weight is 287 g/mol. The molecule has 0 bridgehead atoms. The zero-order chi connectivity index (χ0) is 15.6. The number of benzene rings is 2. The first-order chi connectivity index (χ1) is 9.99. The van der Waals surface area contributed by atoms with Gasteiger partial charge in [-0.3, -0.25) is 9.59 Å². The number of methoxy groups -OCH3 is 1. The Hall–Kier alpha value is -2.69. The standard InChI is InChI=1S/C16H14FNO3/c1-9-3-4-10(8-19)14(15(9)17)16(20)12-6-5-11(21-2)7-13(12)18/h3-8H,18H2,1-2H3. The predicted molar refractivity (Wildman–Crippen MR) is 77.4 cm³/mol. The summed E-state index contributed by atoms with van der Waals surface area (Å²) in [4.78, 5) is 23.5. The van der Waals surface area contributed by atoms with Gasteiger partial charge in [-0.2, -0.15) is 0 Å². The summed E-state index contributed by atoms with van der Waals surface area (Å²) in [6.45, 7) is 1.53. The van der Waals surface area contributed by atoms with Crippen LogP contribution < -0.4 is 10.5 Å². The second-order valence-corrected chi connectivity index (χ2v) is 4.56. The second kappa shape index (κ2) is 5.75. The molecule has 5 heteroatoms. The summed E-state index contributed by atoms with van der Waals surface area (Å²) in [6, 6.07) is 7.35. The molecule has 0 radical (unpaired) electrons. The van der Waals surface area contributed by atoms with E-state index in [1.165, 1.54) is 38.3 Å².